The predicted octanol–water partition coefficient (Wildman–Crippen LogP) is 2.31. The molecule has 28 heavy (non-hydrogen) atoms. The first-order chi connectivity index (χ1) is 13.3. The van der Waals surface area contributed by atoms with Gasteiger partial charge in [-0.3, -0.25) is 19.4 Å². The fraction of sp³-hybridized carbons (Fsp3) is 0.263. The number of aromatic nitrogens is 4. The van der Waals surface area contributed by atoms with E-state index in [1.165, 1.54) is 0 Å². The molecule has 0 bridgehead atoms. The van der Waals surface area contributed by atoms with E-state index in [-0.39, 0.29) is 11.5 Å². The molecule has 8 nitrogen and oxygen atoms in total. The summed E-state index contributed by atoms with van der Waals surface area (Å²) in [7, 11) is 1.73. The minimum atomic E-state index is -0.766. The number of carbonyl (C=O) groups is 1. The number of benzene rings is 1. The summed E-state index contributed by atoms with van der Waals surface area (Å²) in [6, 6.07) is 7.25. The van der Waals surface area contributed by atoms with Crippen LogP contribution < -0.4 is 10.9 Å². The first-order valence-corrected chi connectivity index (χ1v) is 9.06. The minimum absolute atomic E-state index is 0.175. The van der Waals surface area contributed by atoms with Crippen molar-refractivity contribution in [2.75, 3.05) is 0 Å². The Morgan fingerprint density at radius 1 is 1.39 bits per heavy atom. The van der Waals surface area contributed by atoms with Crippen LogP contribution in [0.4, 0.5) is 0 Å². The molecule has 2 heterocycles. The van der Waals surface area contributed by atoms with Crippen LogP contribution >= 0.6 is 11.6 Å². The Morgan fingerprint density at radius 3 is 2.75 bits per heavy atom. The van der Waals surface area contributed by atoms with Crippen LogP contribution in [0.3, 0.4) is 0 Å². The average Bonchev–Trinajstić information content (AvgIpc) is 3.18. The summed E-state index contributed by atoms with van der Waals surface area (Å²) < 4.78 is 3.21. The number of halogens is 1. The predicted molar refractivity (Wildman–Crippen MR) is 103 cm³/mol. The van der Waals surface area contributed by atoms with E-state index in [0.29, 0.717) is 34.8 Å². The van der Waals surface area contributed by atoms with Gasteiger partial charge in [-0.25, -0.2) is 4.68 Å². The van der Waals surface area contributed by atoms with Crippen molar-refractivity contribution in [3.63, 3.8) is 0 Å². The Balaban J connectivity index is 1.67. The fourth-order valence-electron chi connectivity index (χ4n) is 3.11. The van der Waals surface area contributed by atoms with Crippen LogP contribution in [0.2, 0.25) is 5.02 Å². The standard InChI is InChI=1S/C19H17ClN6O2/c1-11-16(27)24-25(2)18(11)26-9-13(8-22-26)12-3-4-15(20)14(7-12)17(28)23-19(10-21)5-6-19/h3-4,7-9H,5-6H2,1-2H3,(H,23,28)(H,24,27). The number of H-pyrrole nitrogens is 1. The maximum atomic E-state index is 12.6. The molecule has 142 valence electrons. The molecule has 1 aliphatic rings. The lowest BCUT2D eigenvalue weighted by Crippen LogP contribution is -2.35. The highest BCUT2D eigenvalue weighted by Gasteiger charge is 2.44. The molecule has 0 spiro atoms. The van der Waals surface area contributed by atoms with E-state index in [2.05, 4.69) is 21.6 Å². The van der Waals surface area contributed by atoms with Crippen LogP contribution in [0.5, 0.6) is 0 Å². The van der Waals surface area contributed by atoms with E-state index in [1.54, 1.807) is 53.9 Å². The average molecular weight is 397 g/mol. The van der Waals surface area contributed by atoms with Crippen molar-refractivity contribution in [2.24, 2.45) is 7.05 Å². The van der Waals surface area contributed by atoms with E-state index in [0.717, 1.165) is 11.1 Å². The molecule has 9 heteroatoms. The minimum Gasteiger partial charge on any atom is -0.334 e. The summed E-state index contributed by atoms with van der Waals surface area (Å²) in [5.41, 5.74) is 1.43. The summed E-state index contributed by atoms with van der Waals surface area (Å²) in [5, 5.41) is 19.3. The van der Waals surface area contributed by atoms with Crippen molar-refractivity contribution in [3.05, 3.63) is 57.1 Å². The number of nitriles is 1. The Kier molecular flexibility index (Phi) is 4.12. The van der Waals surface area contributed by atoms with Gasteiger partial charge in [0.25, 0.3) is 11.5 Å². The number of amides is 1. The second-order valence-electron chi connectivity index (χ2n) is 6.96. The number of carbonyl (C=O) groups excluding carboxylic acids is 1. The van der Waals surface area contributed by atoms with Crippen LogP contribution in [0, 0.1) is 18.3 Å². The van der Waals surface area contributed by atoms with E-state index >= 15 is 0 Å². The molecule has 1 amide bonds. The number of aryl methyl sites for hydroxylation is 1. The molecule has 4 rings (SSSR count). The smallest absolute Gasteiger partial charge is 0.269 e. The third-order valence-electron chi connectivity index (χ3n) is 4.92. The Morgan fingerprint density at radius 2 is 2.14 bits per heavy atom. The van der Waals surface area contributed by atoms with Gasteiger partial charge in [0.05, 0.1) is 28.4 Å². The van der Waals surface area contributed by atoms with Crippen molar-refractivity contribution in [3.8, 4) is 23.0 Å². The number of nitrogens with one attached hydrogen (secondary N) is 2. The van der Waals surface area contributed by atoms with Gasteiger partial charge < -0.3 is 5.32 Å². The van der Waals surface area contributed by atoms with E-state index in [1.807, 2.05) is 0 Å². The number of aromatic amines is 1. The molecule has 1 aliphatic carbocycles. The monoisotopic (exact) mass is 396 g/mol. The quantitative estimate of drug-likeness (QED) is 0.705. The summed E-state index contributed by atoms with van der Waals surface area (Å²) >= 11 is 6.21. The third kappa shape index (κ3) is 3.00. The maximum Gasteiger partial charge on any atom is 0.269 e. The number of hydrogen-bond acceptors (Lipinski definition) is 4. The molecule has 0 saturated heterocycles. The van der Waals surface area contributed by atoms with Crippen molar-refractivity contribution in [1.29, 1.82) is 5.26 Å². The molecule has 2 aromatic heterocycles. The second kappa shape index (κ2) is 6.39. The van der Waals surface area contributed by atoms with Gasteiger partial charge in [-0.15, -0.1) is 0 Å². The first kappa shape index (κ1) is 18.1. The lowest BCUT2D eigenvalue weighted by atomic mass is 10.1. The molecule has 0 atom stereocenters. The van der Waals surface area contributed by atoms with Gasteiger partial charge >= 0.3 is 0 Å². The molecule has 0 unspecified atom stereocenters. The zero-order valence-electron chi connectivity index (χ0n) is 15.3. The highest BCUT2D eigenvalue weighted by molar-refractivity contribution is 6.34. The topological polar surface area (TPSA) is 108 Å². The highest BCUT2D eigenvalue weighted by Crippen LogP contribution is 2.35. The van der Waals surface area contributed by atoms with Crippen LogP contribution in [0.25, 0.3) is 16.9 Å². The van der Waals surface area contributed by atoms with Crippen LogP contribution in [0.1, 0.15) is 28.8 Å². The van der Waals surface area contributed by atoms with E-state index in [9.17, 15) is 14.9 Å². The fourth-order valence-corrected chi connectivity index (χ4v) is 3.31. The lowest BCUT2D eigenvalue weighted by molar-refractivity contribution is 0.0942. The SMILES string of the molecule is Cc1c(-n2cc(-c3ccc(Cl)c(C(=O)NC4(C#N)CC4)c3)cn2)n(C)[nH]c1=O. The Hall–Kier alpha value is -3.31. The maximum absolute atomic E-state index is 12.6. The van der Waals surface area contributed by atoms with Crippen molar-refractivity contribution < 1.29 is 4.79 Å². The molecule has 3 aromatic rings. The summed E-state index contributed by atoms with van der Waals surface area (Å²) in [6.45, 7) is 1.73. The molecule has 1 aromatic carbocycles. The second-order valence-corrected chi connectivity index (χ2v) is 7.37. The van der Waals surface area contributed by atoms with Gasteiger partial charge in [-0.1, -0.05) is 17.7 Å². The molecular formula is C19H17ClN6O2. The Bertz CT molecular complexity index is 1190. The molecule has 1 fully saturated rings. The first-order valence-electron chi connectivity index (χ1n) is 8.68. The molecule has 0 radical (unpaired) electrons. The third-order valence-corrected chi connectivity index (χ3v) is 5.25. The van der Waals surface area contributed by atoms with Crippen molar-refractivity contribution in [2.45, 2.75) is 25.3 Å². The molecule has 2 N–H and O–H groups in total. The van der Waals surface area contributed by atoms with Crippen LogP contribution in [-0.2, 0) is 7.05 Å². The zero-order valence-corrected chi connectivity index (χ0v) is 16.0. The summed E-state index contributed by atoms with van der Waals surface area (Å²) in [6.07, 6.45) is 4.72. The van der Waals surface area contributed by atoms with E-state index in [4.69, 9.17) is 11.6 Å². The number of rotatable bonds is 4. The lowest BCUT2D eigenvalue weighted by Gasteiger charge is -2.11. The summed E-state index contributed by atoms with van der Waals surface area (Å²) in [4.78, 5) is 24.4. The normalized spacial score (nSPS) is 14.5. The number of hydrogen-bond donors (Lipinski definition) is 2. The van der Waals surface area contributed by atoms with Crippen molar-refractivity contribution >= 4 is 17.5 Å². The largest absolute Gasteiger partial charge is 0.334 e. The van der Waals surface area contributed by atoms with Gasteiger partial charge in [-0.2, -0.15) is 10.4 Å². The van der Waals surface area contributed by atoms with Gasteiger partial charge in [0.15, 0.2) is 5.82 Å². The number of nitrogens with zero attached hydrogens (tertiary/aromatic N) is 4. The van der Waals surface area contributed by atoms with Gasteiger partial charge in [0.1, 0.15) is 5.54 Å². The van der Waals surface area contributed by atoms with Crippen LogP contribution in [0.15, 0.2) is 35.4 Å². The van der Waals surface area contributed by atoms with E-state index < -0.39 is 5.54 Å². The molecular weight excluding hydrogens is 380 g/mol. The highest BCUT2D eigenvalue weighted by atomic mass is 35.5. The molecule has 1 saturated carbocycles. The van der Waals surface area contributed by atoms with Gasteiger partial charge in [0, 0.05) is 18.8 Å². The zero-order chi connectivity index (χ0) is 20.1. The van der Waals surface area contributed by atoms with Crippen molar-refractivity contribution in [1.82, 2.24) is 24.9 Å². The Labute approximate surface area is 165 Å². The van der Waals surface area contributed by atoms with Gasteiger partial charge in [-0.05, 0) is 37.5 Å². The van der Waals surface area contributed by atoms with Crippen LogP contribution in [-0.4, -0.2) is 31.0 Å². The summed E-state index contributed by atoms with van der Waals surface area (Å²) in [5.74, 6) is 0.259. The molecule has 0 aliphatic heterocycles. The van der Waals surface area contributed by atoms with Gasteiger partial charge in [0.2, 0.25) is 0 Å².